The maximum absolute atomic E-state index is 11.7. The van der Waals surface area contributed by atoms with Crippen LogP contribution >= 0.6 is 15.9 Å². The summed E-state index contributed by atoms with van der Waals surface area (Å²) in [6.45, 7) is -0.742. The molecule has 0 saturated carbocycles. The number of halogens is 1. The van der Waals surface area contributed by atoms with E-state index in [1.807, 2.05) is 0 Å². The number of hydrogen-bond acceptors (Lipinski definition) is 6. The topological polar surface area (TPSA) is 153 Å². The highest BCUT2D eigenvalue weighted by atomic mass is 79.9. The van der Waals surface area contributed by atoms with Crippen LogP contribution in [-0.2, 0) is 4.74 Å². The molecule has 0 aromatic carbocycles. The van der Waals surface area contributed by atoms with Crippen LogP contribution < -0.4 is 11.2 Å². The van der Waals surface area contributed by atoms with Gasteiger partial charge < -0.3 is 14.9 Å². The van der Waals surface area contributed by atoms with Crippen LogP contribution in [0.15, 0.2) is 25.4 Å². The van der Waals surface area contributed by atoms with Gasteiger partial charge in [-0.15, -0.1) is 0 Å². The molecule has 1 fully saturated rings. The average molecular weight is 348 g/mol. The van der Waals surface area contributed by atoms with Gasteiger partial charge in [0.1, 0.15) is 6.23 Å². The minimum Gasteiger partial charge on any atom is -0.393 e. The average Bonchev–Trinajstić information content (AvgIpc) is 2.72. The van der Waals surface area contributed by atoms with Gasteiger partial charge in [0.15, 0.2) is 5.72 Å². The zero-order valence-corrected chi connectivity index (χ0v) is 11.5. The molecule has 1 saturated heterocycles. The summed E-state index contributed by atoms with van der Waals surface area (Å²) in [6, 6.07) is 0. The summed E-state index contributed by atoms with van der Waals surface area (Å²) >= 11 is 2.97. The van der Waals surface area contributed by atoms with Gasteiger partial charge in [-0.1, -0.05) is 5.11 Å². The van der Waals surface area contributed by atoms with E-state index in [0.717, 1.165) is 4.57 Å². The highest BCUT2D eigenvalue weighted by molar-refractivity contribution is 9.10. The second kappa shape index (κ2) is 5.38. The first-order chi connectivity index (χ1) is 9.43. The lowest BCUT2D eigenvalue weighted by Crippen LogP contribution is -2.41. The Labute approximate surface area is 119 Å². The number of aliphatic hydroxyl groups excluding tert-OH is 2. The molecule has 3 N–H and O–H groups in total. The number of aliphatic hydroxyl groups is 2. The van der Waals surface area contributed by atoms with Crippen LogP contribution in [0.3, 0.4) is 0 Å². The Bertz CT molecular complexity index is 680. The first-order valence-corrected chi connectivity index (χ1v) is 6.27. The maximum Gasteiger partial charge on any atom is 0.330 e. The number of rotatable bonds is 3. The third kappa shape index (κ3) is 2.37. The lowest BCUT2D eigenvalue weighted by Gasteiger charge is -2.24. The van der Waals surface area contributed by atoms with E-state index in [-0.39, 0.29) is 10.9 Å². The zero-order chi connectivity index (χ0) is 14.9. The lowest BCUT2D eigenvalue weighted by atomic mass is 10.1. The van der Waals surface area contributed by atoms with Gasteiger partial charge in [0, 0.05) is 17.5 Å². The van der Waals surface area contributed by atoms with Gasteiger partial charge in [-0.25, -0.2) is 4.79 Å². The van der Waals surface area contributed by atoms with Crippen LogP contribution in [0.1, 0.15) is 12.6 Å². The van der Waals surface area contributed by atoms with Crippen LogP contribution in [-0.4, -0.2) is 38.2 Å². The van der Waals surface area contributed by atoms with Crippen molar-refractivity contribution in [2.24, 2.45) is 5.11 Å². The Kier molecular flexibility index (Phi) is 3.97. The largest absolute Gasteiger partial charge is 0.393 e. The molecule has 1 unspecified atom stereocenters. The Morgan fingerprint density at radius 3 is 3.00 bits per heavy atom. The number of ether oxygens (including phenoxy) is 1. The fraction of sp³-hybridized carbons (Fsp3) is 0.556. The van der Waals surface area contributed by atoms with Gasteiger partial charge in [-0.2, -0.15) is 0 Å². The van der Waals surface area contributed by atoms with Crippen LogP contribution in [0.2, 0.25) is 0 Å². The SMILES string of the molecule is [N-]=[N+]=N[C@@]1(CO)O[C@H](n2cc(Br)c(=O)[nH]c2=O)CC1O. The molecular formula is C9H10BrN5O5. The third-order valence-electron chi connectivity index (χ3n) is 2.96. The summed E-state index contributed by atoms with van der Waals surface area (Å²) in [5.41, 5.74) is 5.27. The highest BCUT2D eigenvalue weighted by Crippen LogP contribution is 2.37. The highest BCUT2D eigenvalue weighted by Gasteiger charge is 2.48. The van der Waals surface area contributed by atoms with E-state index in [9.17, 15) is 19.8 Å². The molecule has 2 heterocycles. The van der Waals surface area contributed by atoms with Crippen LogP contribution in [0.5, 0.6) is 0 Å². The zero-order valence-electron chi connectivity index (χ0n) is 9.93. The van der Waals surface area contributed by atoms with Crippen molar-refractivity contribution >= 4 is 15.9 Å². The molecule has 3 atom stereocenters. The molecule has 11 heteroatoms. The van der Waals surface area contributed by atoms with Gasteiger partial charge in [0.25, 0.3) is 5.56 Å². The standard InChI is InChI=1S/C9H10BrN5O5/c10-4-2-15(8(19)12-7(4)18)6-1-5(17)9(3-16,20-6)13-14-11/h2,5-6,16-17H,1,3H2,(H,12,18,19)/t5?,6-,9-/m0/s1. The molecule has 10 nitrogen and oxygen atoms in total. The molecule has 0 radical (unpaired) electrons. The molecule has 1 aliphatic heterocycles. The Hall–Kier alpha value is -1.65. The van der Waals surface area contributed by atoms with Crippen LogP contribution in [0.25, 0.3) is 10.4 Å². The number of azide groups is 1. The molecular weight excluding hydrogens is 338 g/mol. The van der Waals surface area contributed by atoms with E-state index in [4.69, 9.17) is 10.3 Å². The van der Waals surface area contributed by atoms with Crippen molar-refractivity contribution in [2.45, 2.75) is 24.5 Å². The first kappa shape index (κ1) is 14.8. The summed E-state index contributed by atoms with van der Waals surface area (Å²) in [7, 11) is 0. The molecule has 108 valence electrons. The first-order valence-electron chi connectivity index (χ1n) is 5.47. The molecule has 1 aromatic rings. The molecule has 0 bridgehead atoms. The van der Waals surface area contributed by atoms with Crippen molar-refractivity contribution in [1.29, 1.82) is 0 Å². The number of H-pyrrole nitrogens is 1. The fourth-order valence-electron chi connectivity index (χ4n) is 1.92. The van der Waals surface area contributed by atoms with E-state index in [2.05, 4.69) is 30.9 Å². The van der Waals surface area contributed by atoms with Crippen LogP contribution in [0, 0.1) is 0 Å². The summed E-state index contributed by atoms with van der Waals surface area (Å²) in [5.74, 6) is 0. The van der Waals surface area contributed by atoms with Crippen LogP contribution in [0.4, 0.5) is 0 Å². The fourth-order valence-corrected chi connectivity index (χ4v) is 2.24. The molecule has 20 heavy (non-hydrogen) atoms. The number of nitrogens with zero attached hydrogens (tertiary/aromatic N) is 4. The summed E-state index contributed by atoms with van der Waals surface area (Å²) in [6.07, 6.45) is -1.16. The molecule has 0 spiro atoms. The number of nitrogens with one attached hydrogen (secondary N) is 1. The Morgan fingerprint density at radius 1 is 1.70 bits per heavy atom. The van der Waals surface area contributed by atoms with Crippen molar-refractivity contribution in [1.82, 2.24) is 9.55 Å². The number of hydrogen-bond donors (Lipinski definition) is 3. The molecule has 2 rings (SSSR count). The predicted molar refractivity (Wildman–Crippen MR) is 68.7 cm³/mol. The maximum atomic E-state index is 11.7. The Morgan fingerprint density at radius 2 is 2.40 bits per heavy atom. The molecule has 1 aromatic heterocycles. The quantitative estimate of drug-likeness (QED) is 0.384. The minimum atomic E-state index is -1.85. The van der Waals surface area contributed by atoms with Crippen molar-refractivity contribution in [2.75, 3.05) is 6.61 Å². The second-order valence-electron chi connectivity index (χ2n) is 4.16. The molecule has 0 aliphatic carbocycles. The van der Waals surface area contributed by atoms with Gasteiger partial charge in [-0.3, -0.25) is 14.3 Å². The molecule has 1 aliphatic rings. The normalized spacial score (nSPS) is 29.1. The van der Waals surface area contributed by atoms with Crippen molar-refractivity contribution < 1.29 is 14.9 Å². The van der Waals surface area contributed by atoms with Gasteiger partial charge in [0.05, 0.1) is 17.2 Å². The van der Waals surface area contributed by atoms with Crippen molar-refractivity contribution in [3.8, 4) is 0 Å². The monoisotopic (exact) mass is 347 g/mol. The second-order valence-corrected chi connectivity index (χ2v) is 5.01. The van der Waals surface area contributed by atoms with E-state index < -0.39 is 35.9 Å². The lowest BCUT2D eigenvalue weighted by molar-refractivity contribution is -0.124. The Balaban J connectivity index is 2.43. The van der Waals surface area contributed by atoms with E-state index in [0.29, 0.717) is 0 Å². The summed E-state index contributed by atoms with van der Waals surface area (Å²) < 4.78 is 6.44. The third-order valence-corrected chi connectivity index (χ3v) is 3.53. The minimum absolute atomic E-state index is 0.0853. The smallest absolute Gasteiger partial charge is 0.330 e. The van der Waals surface area contributed by atoms with Gasteiger partial charge in [0.2, 0.25) is 0 Å². The predicted octanol–water partition coefficient (Wildman–Crippen LogP) is -0.422. The van der Waals surface area contributed by atoms with Gasteiger partial charge >= 0.3 is 5.69 Å². The van der Waals surface area contributed by atoms with E-state index in [1.165, 1.54) is 6.20 Å². The van der Waals surface area contributed by atoms with Crippen molar-refractivity contribution in [3.05, 3.63) is 42.0 Å². The van der Waals surface area contributed by atoms with E-state index >= 15 is 0 Å². The number of aromatic nitrogens is 2. The van der Waals surface area contributed by atoms with E-state index in [1.54, 1.807) is 0 Å². The van der Waals surface area contributed by atoms with Gasteiger partial charge in [-0.05, 0) is 21.5 Å². The molecule has 0 amide bonds. The number of aromatic amines is 1. The summed E-state index contributed by atoms with van der Waals surface area (Å²) in [5, 5.41) is 22.4. The van der Waals surface area contributed by atoms with Crippen molar-refractivity contribution in [3.63, 3.8) is 0 Å². The summed E-state index contributed by atoms with van der Waals surface area (Å²) in [4.78, 5) is 27.5.